The van der Waals surface area contributed by atoms with Crippen LogP contribution in [0.25, 0.3) is 0 Å². The maximum absolute atomic E-state index is 12.8. The van der Waals surface area contributed by atoms with E-state index in [9.17, 15) is 27.9 Å². The number of sulfonamides is 1. The van der Waals surface area contributed by atoms with Crippen LogP contribution in [0.1, 0.15) is 65.2 Å². The monoisotopic (exact) mass is 474 g/mol. The number of hydrogen-bond donors (Lipinski definition) is 4. The van der Waals surface area contributed by atoms with E-state index in [0.29, 0.717) is 44.6 Å². The minimum Gasteiger partial charge on any atom is -0.478 e. The van der Waals surface area contributed by atoms with Crippen molar-refractivity contribution in [2.45, 2.75) is 70.9 Å². The van der Waals surface area contributed by atoms with E-state index in [0.717, 1.165) is 39.3 Å². The molecule has 4 N–H and O–H groups in total. The Labute approximate surface area is 190 Å². The summed E-state index contributed by atoms with van der Waals surface area (Å²) in [5.74, 6) is -2.29. The predicted octanol–water partition coefficient (Wildman–Crippen LogP) is 0.641. The average molecular weight is 475 g/mol. The first-order valence-corrected chi connectivity index (χ1v) is 13.3. The summed E-state index contributed by atoms with van der Waals surface area (Å²) in [6.07, 6.45) is 5.61. The third-order valence-electron chi connectivity index (χ3n) is 6.30. The van der Waals surface area contributed by atoms with Gasteiger partial charge in [0, 0.05) is 19.5 Å². The lowest BCUT2D eigenvalue weighted by Gasteiger charge is -2.35. The van der Waals surface area contributed by atoms with E-state index in [2.05, 4.69) is 15.4 Å². The van der Waals surface area contributed by atoms with Crippen molar-refractivity contribution in [2.24, 2.45) is 11.8 Å². The fourth-order valence-electron chi connectivity index (χ4n) is 4.24. The van der Waals surface area contributed by atoms with Crippen LogP contribution in [0.2, 0.25) is 0 Å². The van der Waals surface area contributed by atoms with Gasteiger partial charge in [-0.05, 0) is 64.5 Å². The first kappa shape index (κ1) is 26.5. The van der Waals surface area contributed by atoms with Crippen LogP contribution in [0.3, 0.4) is 0 Å². The number of carbonyl (C=O) groups is 3. The van der Waals surface area contributed by atoms with Crippen LogP contribution < -0.4 is 15.4 Å². The zero-order chi connectivity index (χ0) is 23.8. The highest BCUT2D eigenvalue weighted by molar-refractivity contribution is 7.89. The SMILES string of the molecule is CCCCS(=O)(=O)N[C@@](C)(NC(=O)[C@@H]1CCCN(C(=O)CCC2CCNCC2)C1)C(=O)O. The van der Waals surface area contributed by atoms with Gasteiger partial charge in [0.25, 0.3) is 0 Å². The molecule has 2 heterocycles. The van der Waals surface area contributed by atoms with Gasteiger partial charge in [-0.25, -0.2) is 13.2 Å². The van der Waals surface area contributed by atoms with Crippen LogP contribution in [-0.4, -0.2) is 73.8 Å². The van der Waals surface area contributed by atoms with Gasteiger partial charge in [-0.3, -0.25) is 9.59 Å². The van der Waals surface area contributed by atoms with Crippen LogP contribution in [0.5, 0.6) is 0 Å². The molecule has 184 valence electrons. The molecule has 0 radical (unpaired) electrons. The van der Waals surface area contributed by atoms with Crippen molar-refractivity contribution in [3.8, 4) is 0 Å². The summed E-state index contributed by atoms with van der Waals surface area (Å²) < 4.78 is 26.6. The van der Waals surface area contributed by atoms with Gasteiger partial charge in [0.15, 0.2) is 0 Å². The minimum atomic E-state index is -3.88. The van der Waals surface area contributed by atoms with E-state index in [1.165, 1.54) is 0 Å². The summed E-state index contributed by atoms with van der Waals surface area (Å²) in [6.45, 7) is 5.71. The van der Waals surface area contributed by atoms with Gasteiger partial charge in [0.05, 0.1) is 11.7 Å². The molecule has 0 saturated carbocycles. The standard InChI is InChI=1S/C21H38N4O6S/c1-3-4-14-32(30,31)24-21(2,20(28)29)23-19(27)17-6-5-13-25(15-17)18(26)8-7-16-9-11-22-12-10-16/h16-17,22,24H,3-15H2,1-2H3,(H,23,27)(H,28,29)/t17-,21-/m1/s1. The highest BCUT2D eigenvalue weighted by atomic mass is 32.2. The van der Waals surface area contributed by atoms with Crippen molar-refractivity contribution in [2.75, 3.05) is 31.9 Å². The van der Waals surface area contributed by atoms with Crippen molar-refractivity contribution in [3.05, 3.63) is 0 Å². The number of rotatable bonds is 11. The summed E-state index contributed by atoms with van der Waals surface area (Å²) in [4.78, 5) is 39.0. The zero-order valence-corrected chi connectivity index (χ0v) is 20.0. The molecule has 2 atom stereocenters. The molecule has 11 heteroatoms. The first-order chi connectivity index (χ1) is 15.1. The van der Waals surface area contributed by atoms with Gasteiger partial charge in [-0.15, -0.1) is 0 Å². The summed E-state index contributed by atoms with van der Waals surface area (Å²) in [5.41, 5.74) is -2.15. The van der Waals surface area contributed by atoms with Crippen molar-refractivity contribution in [1.29, 1.82) is 0 Å². The quantitative estimate of drug-likeness (QED) is 0.322. The Morgan fingerprint density at radius 2 is 1.88 bits per heavy atom. The van der Waals surface area contributed by atoms with Crippen molar-refractivity contribution in [1.82, 2.24) is 20.3 Å². The van der Waals surface area contributed by atoms with Crippen LogP contribution in [-0.2, 0) is 24.4 Å². The molecule has 2 aliphatic rings. The Morgan fingerprint density at radius 1 is 1.19 bits per heavy atom. The summed E-state index contributed by atoms with van der Waals surface area (Å²) in [6, 6.07) is 0. The Hall–Kier alpha value is -1.72. The first-order valence-electron chi connectivity index (χ1n) is 11.6. The van der Waals surface area contributed by atoms with E-state index in [1.54, 1.807) is 4.90 Å². The lowest BCUT2D eigenvalue weighted by molar-refractivity contribution is -0.149. The van der Waals surface area contributed by atoms with Gasteiger partial charge in [-0.1, -0.05) is 13.3 Å². The van der Waals surface area contributed by atoms with Crippen LogP contribution in [0, 0.1) is 11.8 Å². The number of unbranched alkanes of at least 4 members (excludes halogenated alkanes) is 1. The number of likely N-dealkylation sites (tertiary alicyclic amines) is 1. The molecule has 0 unspecified atom stereocenters. The van der Waals surface area contributed by atoms with Crippen molar-refractivity contribution in [3.63, 3.8) is 0 Å². The lowest BCUT2D eigenvalue weighted by atomic mass is 9.92. The van der Waals surface area contributed by atoms with Gasteiger partial charge in [0.2, 0.25) is 27.5 Å². The lowest BCUT2D eigenvalue weighted by Crippen LogP contribution is -2.65. The fourth-order valence-corrected chi connectivity index (χ4v) is 5.77. The topological polar surface area (TPSA) is 145 Å². The molecule has 2 amide bonds. The van der Waals surface area contributed by atoms with Gasteiger partial charge in [-0.2, -0.15) is 4.72 Å². The molecule has 0 aromatic rings. The van der Waals surface area contributed by atoms with Crippen LogP contribution in [0.15, 0.2) is 0 Å². The number of carboxylic acid groups (broad SMARTS) is 1. The Balaban J connectivity index is 1.93. The minimum absolute atomic E-state index is 0.0160. The third-order valence-corrected chi connectivity index (χ3v) is 7.84. The molecule has 32 heavy (non-hydrogen) atoms. The Morgan fingerprint density at radius 3 is 2.50 bits per heavy atom. The largest absolute Gasteiger partial charge is 0.478 e. The highest BCUT2D eigenvalue weighted by Crippen LogP contribution is 2.22. The molecule has 0 bridgehead atoms. The fraction of sp³-hybridized carbons (Fsp3) is 0.857. The molecule has 2 saturated heterocycles. The highest BCUT2D eigenvalue weighted by Gasteiger charge is 2.41. The second kappa shape index (κ2) is 11.9. The normalized spacial score (nSPS) is 22.2. The summed E-state index contributed by atoms with van der Waals surface area (Å²) >= 11 is 0. The maximum atomic E-state index is 12.8. The van der Waals surface area contributed by atoms with E-state index in [4.69, 9.17) is 0 Å². The predicted molar refractivity (Wildman–Crippen MR) is 120 cm³/mol. The third kappa shape index (κ3) is 8.00. The second-order valence-electron chi connectivity index (χ2n) is 9.10. The Bertz CT molecular complexity index is 768. The Kier molecular flexibility index (Phi) is 9.90. The van der Waals surface area contributed by atoms with Gasteiger partial charge < -0.3 is 20.6 Å². The molecule has 0 aliphatic carbocycles. The van der Waals surface area contributed by atoms with E-state index < -0.39 is 33.5 Å². The molecule has 10 nitrogen and oxygen atoms in total. The molecular weight excluding hydrogens is 436 g/mol. The van der Waals surface area contributed by atoms with E-state index in [1.807, 2.05) is 6.92 Å². The number of hydrogen-bond acceptors (Lipinski definition) is 6. The maximum Gasteiger partial charge on any atom is 0.345 e. The molecule has 0 aromatic carbocycles. The van der Waals surface area contributed by atoms with Gasteiger partial charge in [0.1, 0.15) is 0 Å². The number of carboxylic acids is 1. The number of piperidine rings is 2. The van der Waals surface area contributed by atoms with Gasteiger partial charge >= 0.3 is 5.97 Å². The van der Waals surface area contributed by atoms with Crippen molar-refractivity contribution >= 4 is 27.8 Å². The number of aliphatic carboxylic acids is 1. The number of carbonyl (C=O) groups excluding carboxylic acids is 2. The number of nitrogens with one attached hydrogen (secondary N) is 3. The molecule has 2 fully saturated rings. The van der Waals surface area contributed by atoms with Crippen LogP contribution >= 0.6 is 0 Å². The smallest absolute Gasteiger partial charge is 0.345 e. The summed E-state index contributed by atoms with van der Waals surface area (Å²) in [5, 5.41) is 15.3. The van der Waals surface area contributed by atoms with Crippen molar-refractivity contribution < 1.29 is 27.9 Å². The molecule has 0 spiro atoms. The molecular formula is C21H38N4O6S. The number of amides is 2. The molecule has 0 aromatic heterocycles. The molecule has 2 rings (SSSR count). The summed E-state index contributed by atoms with van der Waals surface area (Å²) in [7, 11) is -3.88. The van der Waals surface area contributed by atoms with E-state index >= 15 is 0 Å². The van der Waals surface area contributed by atoms with E-state index in [-0.39, 0.29) is 18.2 Å². The molecule has 2 aliphatic heterocycles. The average Bonchev–Trinajstić information content (AvgIpc) is 2.76. The second-order valence-corrected chi connectivity index (χ2v) is 10.9. The number of nitrogens with zero attached hydrogens (tertiary/aromatic N) is 1. The van der Waals surface area contributed by atoms with Crippen LogP contribution in [0.4, 0.5) is 0 Å². The zero-order valence-electron chi connectivity index (χ0n) is 19.2.